The van der Waals surface area contributed by atoms with Gasteiger partial charge in [-0.05, 0) is 36.8 Å². The summed E-state index contributed by atoms with van der Waals surface area (Å²) < 4.78 is 5.45. The van der Waals surface area contributed by atoms with Crippen LogP contribution in [0.25, 0.3) is 11.0 Å². The molecule has 1 amide bonds. The second-order valence-corrected chi connectivity index (χ2v) is 6.10. The number of aryl methyl sites for hydroxylation is 1. The van der Waals surface area contributed by atoms with Gasteiger partial charge in [0.05, 0.1) is 12.5 Å². The van der Waals surface area contributed by atoms with Crippen LogP contribution in [-0.4, -0.2) is 29.5 Å². The Bertz CT molecular complexity index is 694. The Morgan fingerprint density at radius 3 is 3.14 bits per heavy atom. The number of nitrogens with zero attached hydrogens (tertiary/aromatic N) is 1. The average molecular weight is 285 g/mol. The van der Waals surface area contributed by atoms with Crippen molar-refractivity contribution in [1.82, 2.24) is 15.6 Å². The monoisotopic (exact) mass is 285 g/mol. The number of aromatic nitrogens is 1. The van der Waals surface area contributed by atoms with E-state index in [1.54, 1.807) is 12.5 Å². The van der Waals surface area contributed by atoms with Gasteiger partial charge in [-0.3, -0.25) is 4.79 Å². The van der Waals surface area contributed by atoms with Crippen molar-refractivity contribution in [3.63, 3.8) is 0 Å². The summed E-state index contributed by atoms with van der Waals surface area (Å²) in [7, 11) is 0. The minimum Gasteiger partial charge on any atom is -0.462 e. The van der Waals surface area contributed by atoms with Crippen LogP contribution in [0.3, 0.4) is 0 Å². The molecule has 4 rings (SSSR count). The van der Waals surface area contributed by atoms with E-state index in [-0.39, 0.29) is 11.9 Å². The summed E-state index contributed by atoms with van der Waals surface area (Å²) in [5, 5.41) is 7.60. The molecule has 1 aliphatic heterocycles. The van der Waals surface area contributed by atoms with Crippen molar-refractivity contribution in [2.45, 2.75) is 38.3 Å². The van der Waals surface area contributed by atoms with Gasteiger partial charge in [0.2, 0.25) is 0 Å². The molecule has 2 aliphatic rings. The molecule has 1 aliphatic carbocycles. The zero-order valence-corrected chi connectivity index (χ0v) is 12.1. The molecule has 5 nitrogen and oxygen atoms in total. The molecule has 0 aromatic carbocycles. The number of hydrogen-bond acceptors (Lipinski definition) is 4. The van der Waals surface area contributed by atoms with Crippen molar-refractivity contribution in [3.05, 3.63) is 29.8 Å². The van der Waals surface area contributed by atoms with Gasteiger partial charge in [-0.2, -0.15) is 0 Å². The molecule has 5 heteroatoms. The molecule has 1 saturated carbocycles. The van der Waals surface area contributed by atoms with Gasteiger partial charge in [0.1, 0.15) is 5.69 Å². The highest BCUT2D eigenvalue weighted by Crippen LogP contribution is 2.31. The molecule has 1 saturated heterocycles. The molecular formula is C16H19N3O2. The van der Waals surface area contributed by atoms with Crippen molar-refractivity contribution in [1.29, 1.82) is 0 Å². The maximum atomic E-state index is 12.4. The topological polar surface area (TPSA) is 67.2 Å². The lowest BCUT2D eigenvalue weighted by Crippen LogP contribution is -2.44. The summed E-state index contributed by atoms with van der Waals surface area (Å²) in [4.78, 5) is 16.7. The molecule has 2 fully saturated rings. The first kappa shape index (κ1) is 12.8. The minimum atomic E-state index is -0.0716. The van der Waals surface area contributed by atoms with Crippen LogP contribution in [-0.2, 0) is 6.42 Å². The van der Waals surface area contributed by atoms with Crippen LogP contribution < -0.4 is 10.6 Å². The third kappa shape index (κ3) is 2.12. The van der Waals surface area contributed by atoms with E-state index in [1.807, 2.05) is 6.07 Å². The number of hydrogen-bond donors (Lipinski definition) is 2. The van der Waals surface area contributed by atoms with Gasteiger partial charge >= 0.3 is 0 Å². The summed E-state index contributed by atoms with van der Waals surface area (Å²) >= 11 is 0. The average Bonchev–Trinajstić information content (AvgIpc) is 3.21. The SMILES string of the molecule is CCc1coc2cnc(C(=O)NC3CC4CC3CN4)cc12. The Morgan fingerprint density at radius 2 is 2.43 bits per heavy atom. The summed E-state index contributed by atoms with van der Waals surface area (Å²) in [5.74, 6) is 0.500. The van der Waals surface area contributed by atoms with E-state index in [0.717, 1.165) is 35.9 Å². The first-order valence-electron chi connectivity index (χ1n) is 7.65. The summed E-state index contributed by atoms with van der Waals surface area (Å²) in [6.45, 7) is 3.09. The van der Waals surface area contributed by atoms with Crippen LogP contribution >= 0.6 is 0 Å². The van der Waals surface area contributed by atoms with Crippen LogP contribution in [0.15, 0.2) is 22.9 Å². The van der Waals surface area contributed by atoms with Gasteiger partial charge in [0, 0.05) is 24.0 Å². The van der Waals surface area contributed by atoms with Crippen LogP contribution in [0.2, 0.25) is 0 Å². The van der Waals surface area contributed by atoms with Crippen LogP contribution in [0.1, 0.15) is 35.8 Å². The molecule has 2 aromatic rings. The second-order valence-electron chi connectivity index (χ2n) is 6.10. The van der Waals surface area contributed by atoms with E-state index >= 15 is 0 Å². The number of fused-ring (bicyclic) bond motifs is 3. The molecule has 0 radical (unpaired) electrons. The van der Waals surface area contributed by atoms with Crippen molar-refractivity contribution in [2.24, 2.45) is 5.92 Å². The number of piperidine rings is 1. The van der Waals surface area contributed by atoms with Crippen LogP contribution in [0.4, 0.5) is 0 Å². The normalized spacial score (nSPS) is 27.4. The van der Waals surface area contributed by atoms with E-state index in [2.05, 4.69) is 22.5 Å². The predicted octanol–water partition coefficient (Wildman–Crippen LogP) is 1.87. The Morgan fingerprint density at radius 1 is 1.52 bits per heavy atom. The summed E-state index contributed by atoms with van der Waals surface area (Å²) in [6.07, 6.45) is 6.49. The fraction of sp³-hybridized carbons (Fsp3) is 0.500. The Labute approximate surface area is 123 Å². The fourth-order valence-corrected chi connectivity index (χ4v) is 3.64. The van der Waals surface area contributed by atoms with Gasteiger partial charge in [-0.25, -0.2) is 4.98 Å². The largest absolute Gasteiger partial charge is 0.462 e. The van der Waals surface area contributed by atoms with Gasteiger partial charge in [-0.1, -0.05) is 6.92 Å². The molecule has 2 aromatic heterocycles. The molecule has 3 heterocycles. The molecule has 2 N–H and O–H groups in total. The first-order chi connectivity index (χ1) is 10.2. The summed E-state index contributed by atoms with van der Waals surface area (Å²) in [6, 6.07) is 2.71. The van der Waals surface area contributed by atoms with E-state index in [4.69, 9.17) is 4.42 Å². The third-order valence-electron chi connectivity index (χ3n) is 4.84. The van der Waals surface area contributed by atoms with Gasteiger partial charge in [0.25, 0.3) is 5.91 Å². The number of furan rings is 1. The molecule has 0 spiro atoms. The van der Waals surface area contributed by atoms with E-state index in [1.165, 1.54) is 6.42 Å². The summed E-state index contributed by atoms with van der Waals surface area (Å²) in [5.41, 5.74) is 2.34. The standard InChI is InChI=1S/C16H19N3O2/c1-2-9-8-21-15-7-18-14(5-12(9)15)16(20)19-13-4-11-3-10(13)6-17-11/h5,7-8,10-11,13,17H,2-4,6H2,1H3,(H,19,20). The smallest absolute Gasteiger partial charge is 0.270 e. The highest BCUT2D eigenvalue weighted by molar-refractivity contribution is 5.96. The Hall–Kier alpha value is -1.88. The van der Waals surface area contributed by atoms with E-state index in [9.17, 15) is 4.79 Å². The zero-order chi connectivity index (χ0) is 14.4. The molecule has 2 bridgehead atoms. The minimum absolute atomic E-state index is 0.0716. The third-order valence-corrected chi connectivity index (χ3v) is 4.84. The second kappa shape index (κ2) is 4.84. The first-order valence-corrected chi connectivity index (χ1v) is 7.65. The maximum absolute atomic E-state index is 12.4. The van der Waals surface area contributed by atoms with Gasteiger partial charge < -0.3 is 15.1 Å². The van der Waals surface area contributed by atoms with Gasteiger partial charge in [0.15, 0.2) is 5.58 Å². The quantitative estimate of drug-likeness (QED) is 0.903. The number of nitrogens with one attached hydrogen (secondary N) is 2. The van der Waals surface area contributed by atoms with Crippen molar-refractivity contribution in [3.8, 4) is 0 Å². The predicted molar refractivity (Wildman–Crippen MR) is 79.2 cm³/mol. The van der Waals surface area contributed by atoms with Crippen LogP contribution in [0.5, 0.6) is 0 Å². The molecule has 3 unspecified atom stereocenters. The van der Waals surface area contributed by atoms with Crippen molar-refractivity contribution >= 4 is 16.9 Å². The number of carbonyl (C=O) groups is 1. The number of rotatable bonds is 3. The number of carbonyl (C=O) groups excluding carboxylic acids is 1. The molecule has 110 valence electrons. The lowest BCUT2D eigenvalue weighted by molar-refractivity contribution is 0.0920. The molecular weight excluding hydrogens is 266 g/mol. The fourth-order valence-electron chi connectivity index (χ4n) is 3.64. The maximum Gasteiger partial charge on any atom is 0.270 e. The van der Waals surface area contributed by atoms with E-state index in [0.29, 0.717) is 17.7 Å². The lowest BCUT2D eigenvalue weighted by atomic mass is 10.0. The van der Waals surface area contributed by atoms with Crippen molar-refractivity contribution in [2.75, 3.05) is 6.54 Å². The van der Waals surface area contributed by atoms with Crippen LogP contribution in [0, 0.1) is 5.92 Å². The Kier molecular flexibility index (Phi) is 2.96. The zero-order valence-electron chi connectivity index (χ0n) is 12.1. The Balaban J connectivity index is 1.56. The highest BCUT2D eigenvalue weighted by atomic mass is 16.3. The molecule has 21 heavy (non-hydrogen) atoms. The number of pyridine rings is 1. The molecule has 3 atom stereocenters. The lowest BCUT2D eigenvalue weighted by Gasteiger charge is -2.23. The van der Waals surface area contributed by atoms with Gasteiger partial charge in [-0.15, -0.1) is 0 Å². The highest BCUT2D eigenvalue weighted by Gasteiger charge is 2.40. The van der Waals surface area contributed by atoms with E-state index < -0.39 is 0 Å². The number of amides is 1. The van der Waals surface area contributed by atoms with Crippen molar-refractivity contribution < 1.29 is 9.21 Å².